The SMILES string of the molecule is Cc1nc(Cl)nc(C(N)=O)c1-c1ccc2ncccc2c1. The van der Waals surface area contributed by atoms with Crippen molar-refractivity contribution >= 4 is 28.4 Å². The van der Waals surface area contributed by atoms with Crippen molar-refractivity contribution in [1.29, 1.82) is 0 Å². The molecule has 2 heterocycles. The molecule has 1 aromatic carbocycles. The number of amides is 1. The van der Waals surface area contributed by atoms with Crippen LogP contribution in [0, 0.1) is 6.92 Å². The second-order valence-corrected chi connectivity index (χ2v) is 4.91. The number of nitrogens with zero attached hydrogens (tertiary/aromatic N) is 3. The lowest BCUT2D eigenvalue weighted by molar-refractivity contribution is 0.0996. The molecule has 0 spiro atoms. The fourth-order valence-electron chi connectivity index (χ4n) is 2.29. The van der Waals surface area contributed by atoms with Crippen LogP contribution in [0.1, 0.15) is 16.2 Å². The summed E-state index contributed by atoms with van der Waals surface area (Å²) in [7, 11) is 0. The minimum absolute atomic E-state index is 0.00695. The molecule has 1 amide bonds. The van der Waals surface area contributed by atoms with Crippen molar-refractivity contribution in [3.63, 3.8) is 0 Å². The molecule has 0 aliphatic rings. The van der Waals surface area contributed by atoms with Gasteiger partial charge in [0.2, 0.25) is 5.28 Å². The third-order valence-electron chi connectivity index (χ3n) is 3.19. The van der Waals surface area contributed by atoms with Crippen LogP contribution >= 0.6 is 11.6 Å². The monoisotopic (exact) mass is 298 g/mol. The van der Waals surface area contributed by atoms with Gasteiger partial charge in [-0.05, 0) is 42.3 Å². The number of rotatable bonds is 2. The first-order valence-electron chi connectivity index (χ1n) is 6.25. The molecule has 21 heavy (non-hydrogen) atoms. The van der Waals surface area contributed by atoms with Crippen molar-refractivity contribution in [2.24, 2.45) is 5.73 Å². The maximum atomic E-state index is 11.6. The Labute approximate surface area is 125 Å². The minimum atomic E-state index is -0.635. The van der Waals surface area contributed by atoms with Crippen LogP contribution in [0.4, 0.5) is 0 Å². The van der Waals surface area contributed by atoms with Crippen LogP contribution in [0.3, 0.4) is 0 Å². The van der Waals surface area contributed by atoms with E-state index in [2.05, 4.69) is 15.0 Å². The van der Waals surface area contributed by atoms with Crippen molar-refractivity contribution < 1.29 is 4.79 Å². The zero-order chi connectivity index (χ0) is 15.0. The highest BCUT2D eigenvalue weighted by Gasteiger charge is 2.17. The van der Waals surface area contributed by atoms with Crippen LogP contribution in [0.15, 0.2) is 36.5 Å². The summed E-state index contributed by atoms with van der Waals surface area (Å²) in [5.41, 5.74) is 8.40. The smallest absolute Gasteiger partial charge is 0.268 e. The fraction of sp³-hybridized carbons (Fsp3) is 0.0667. The molecule has 5 nitrogen and oxygen atoms in total. The Balaban J connectivity index is 2.29. The van der Waals surface area contributed by atoms with Crippen LogP contribution in [-0.2, 0) is 0 Å². The quantitative estimate of drug-likeness (QED) is 0.738. The van der Waals surface area contributed by atoms with Gasteiger partial charge in [0.15, 0.2) is 0 Å². The summed E-state index contributed by atoms with van der Waals surface area (Å²) in [4.78, 5) is 23.9. The number of fused-ring (bicyclic) bond motifs is 1. The van der Waals surface area contributed by atoms with E-state index in [0.717, 1.165) is 16.5 Å². The molecule has 0 unspecified atom stereocenters. The number of carbonyl (C=O) groups excluding carboxylic acids is 1. The van der Waals surface area contributed by atoms with Crippen molar-refractivity contribution in [2.45, 2.75) is 6.92 Å². The number of hydrogen-bond acceptors (Lipinski definition) is 4. The average molecular weight is 299 g/mol. The number of halogens is 1. The van der Waals surface area contributed by atoms with Gasteiger partial charge in [-0.25, -0.2) is 9.97 Å². The molecular formula is C15H11ClN4O. The lowest BCUT2D eigenvalue weighted by Gasteiger charge is -2.10. The predicted octanol–water partition coefficient (Wildman–Crippen LogP) is 2.75. The van der Waals surface area contributed by atoms with E-state index in [0.29, 0.717) is 11.3 Å². The van der Waals surface area contributed by atoms with Crippen molar-refractivity contribution in [3.05, 3.63) is 53.2 Å². The Morgan fingerprint density at radius 1 is 1.24 bits per heavy atom. The summed E-state index contributed by atoms with van der Waals surface area (Å²) in [5, 5.41) is 0.965. The number of pyridine rings is 1. The molecule has 2 aromatic heterocycles. The Hall–Kier alpha value is -2.53. The maximum Gasteiger partial charge on any atom is 0.268 e. The Bertz CT molecular complexity index is 863. The lowest BCUT2D eigenvalue weighted by atomic mass is 10.00. The zero-order valence-electron chi connectivity index (χ0n) is 11.2. The van der Waals surface area contributed by atoms with Crippen molar-refractivity contribution in [2.75, 3.05) is 0 Å². The Morgan fingerprint density at radius 3 is 2.81 bits per heavy atom. The number of carbonyl (C=O) groups is 1. The van der Waals surface area contributed by atoms with Gasteiger partial charge in [-0.15, -0.1) is 0 Å². The molecule has 0 saturated heterocycles. The molecule has 0 saturated carbocycles. The summed E-state index contributed by atoms with van der Waals surface area (Å²) in [5.74, 6) is -0.635. The highest BCUT2D eigenvalue weighted by molar-refractivity contribution is 6.28. The van der Waals surface area contributed by atoms with Gasteiger partial charge in [0, 0.05) is 17.1 Å². The van der Waals surface area contributed by atoms with Gasteiger partial charge in [-0.2, -0.15) is 0 Å². The molecule has 104 valence electrons. The second kappa shape index (κ2) is 5.10. The molecule has 6 heteroatoms. The third-order valence-corrected chi connectivity index (χ3v) is 3.36. The van der Waals surface area contributed by atoms with Crippen LogP contribution in [0.25, 0.3) is 22.0 Å². The highest BCUT2D eigenvalue weighted by atomic mass is 35.5. The number of aromatic nitrogens is 3. The van der Waals surface area contributed by atoms with Crippen molar-refractivity contribution in [1.82, 2.24) is 15.0 Å². The molecule has 2 N–H and O–H groups in total. The van der Waals surface area contributed by atoms with E-state index in [1.165, 1.54) is 0 Å². The van der Waals surface area contributed by atoms with E-state index in [9.17, 15) is 4.79 Å². The largest absolute Gasteiger partial charge is 0.364 e. The molecule has 0 atom stereocenters. The molecule has 0 fully saturated rings. The summed E-state index contributed by atoms with van der Waals surface area (Å²) < 4.78 is 0. The average Bonchev–Trinajstić information content (AvgIpc) is 2.46. The Kier molecular flexibility index (Phi) is 3.27. The van der Waals surface area contributed by atoms with Crippen LogP contribution in [0.5, 0.6) is 0 Å². The highest BCUT2D eigenvalue weighted by Crippen LogP contribution is 2.28. The van der Waals surface area contributed by atoms with Gasteiger partial charge in [0.1, 0.15) is 5.69 Å². The van der Waals surface area contributed by atoms with Crippen LogP contribution in [-0.4, -0.2) is 20.9 Å². The van der Waals surface area contributed by atoms with E-state index in [-0.39, 0.29) is 11.0 Å². The molecule has 0 aliphatic heterocycles. The van der Waals surface area contributed by atoms with Crippen molar-refractivity contribution in [3.8, 4) is 11.1 Å². The molecule has 3 rings (SSSR count). The number of aryl methyl sites for hydroxylation is 1. The van der Waals surface area contributed by atoms with E-state index < -0.39 is 5.91 Å². The first kappa shape index (κ1) is 13.5. The molecule has 0 aliphatic carbocycles. The molecule has 0 radical (unpaired) electrons. The maximum absolute atomic E-state index is 11.6. The van der Waals surface area contributed by atoms with Gasteiger partial charge < -0.3 is 5.73 Å². The van der Waals surface area contributed by atoms with Gasteiger partial charge in [0.05, 0.1) is 11.2 Å². The summed E-state index contributed by atoms with van der Waals surface area (Å²) in [6.45, 7) is 1.77. The second-order valence-electron chi connectivity index (χ2n) is 4.58. The Morgan fingerprint density at radius 2 is 2.05 bits per heavy atom. The van der Waals surface area contributed by atoms with E-state index >= 15 is 0 Å². The molecular weight excluding hydrogens is 288 g/mol. The third kappa shape index (κ3) is 2.43. The van der Waals surface area contributed by atoms with E-state index in [4.69, 9.17) is 17.3 Å². The first-order valence-corrected chi connectivity index (χ1v) is 6.63. The number of benzene rings is 1. The zero-order valence-corrected chi connectivity index (χ0v) is 11.9. The number of hydrogen-bond donors (Lipinski definition) is 1. The van der Waals surface area contributed by atoms with Gasteiger partial charge in [-0.3, -0.25) is 9.78 Å². The van der Waals surface area contributed by atoms with E-state index in [1.54, 1.807) is 13.1 Å². The lowest BCUT2D eigenvalue weighted by Crippen LogP contribution is -2.16. The topological polar surface area (TPSA) is 81.8 Å². The number of nitrogens with two attached hydrogens (primary N) is 1. The summed E-state index contributed by atoms with van der Waals surface area (Å²) in [6, 6.07) is 9.47. The minimum Gasteiger partial charge on any atom is -0.364 e. The number of primary amides is 1. The van der Waals surface area contributed by atoms with Crippen LogP contribution in [0.2, 0.25) is 5.28 Å². The van der Waals surface area contributed by atoms with E-state index in [1.807, 2.05) is 30.3 Å². The summed E-state index contributed by atoms with van der Waals surface area (Å²) >= 11 is 5.81. The standard InChI is InChI=1S/C15H11ClN4O/c1-8-12(13(14(17)21)20-15(16)19-8)10-4-5-11-9(7-10)3-2-6-18-11/h2-7H,1H3,(H2,17,21). The normalized spacial score (nSPS) is 10.8. The van der Waals surface area contributed by atoms with Gasteiger partial charge in [-0.1, -0.05) is 12.1 Å². The first-order chi connectivity index (χ1) is 10.1. The molecule has 0 bridgehead atoms. The van der Waals surface area contributed by atoms with Gasteiger partial charge >= 0.3 is 0 Å². The van der Waals surface area contributed by atoms with Gasteiger partial charge in [0.25, 0.3) is 5.91 Å². The molecule has 3 aromatic rings. The summed E-state index contributed by atoms with van der Waals surface area (Å²) in [6.07, 6.45) is 1.73. The fourth-order valence-corrected chi connectivity index (χ4v) is 2.51. The van der Waals surface area contributed by atoms with Crippen LogP contribution < -0.4 is 5.73 Å². The predicted molar refractivity (Wildman–Crippen MR) is 81.0 cm³/mol.